The SMILES string of the molecule is COC(=O)c1c(C)[nH]c(C2=NNC(=Nc3cccc(C)c3C)SC2)c1C. The van der Waals surface area contributed by atoms with Crippen LogP contribution in [0.2, 0.25) is 0 Å². The predicted molar refractivity (Wildman–Crippen MR) is 107 cm³/mol. The number of aryl methyl sites for hydroxylation is 2. The molecule has 0 amide bonds. The lowest BCUT2D eigenvalue weighted by atomic mass is 10.1. The van der Waals surface area contributed by atoms with Crippen molar-refractivity contribution >= 4 is 34.3 Å². The first-order valence-corrected chi connectivity index (χ1v) is 9.29. The molecule has 26 heavy (non-hydrogen) atoms. The Bertz CT molecular complexity index is 928. The molecule has 0 saturated heterocycles. The van der Waals surface area contributed by atoms with Crippen molar-refractivity contribution in [3.05, 3.63) is 51.8 Å². The van der Waals surface area contributed by atoms with Crippen LogP contribution < -0.4 is 5.43 Å². The van der Waals surface area contributed by atoms with Crippen LogP contribution in [0, 0.1) is 27.7 Å². The van der Waals surface area contributed by atoms with E-state index >= 15 is 0 Å². The van der Waals surface area contributed by atoms with Gasteiger partial charge in [-0.25, -0.2) is 9.79 Å². The first kappa shape index (κ1) is 18.3. The Labute approximate surface area is 157 Å². The third-order valence-corrected chi connectivity index (χ3v) is 5.42. The number of ether oxygens (including phenoxy) is 1. The smallest absolute Gasteiger partial charge is 0.339 e. The third-order valence-electron chi connectivity index (χ3n) is 4.55. The molecule has 1 aromatic heterocycles. The third kappa shape index (κ3) is 3.39. The summed E-state index contributed by atoms with van der Waals surface area (Å²) in [5.41, 5.74) is 10.3. The molecular weight excluding hydrogens is 348 g/mol. The highest BCUT2D eigenvalue weighted by atomic mass is 32.2. The summed E-state index contributed by atoms with van der Waals surface area (Å²) < 4.78 is 4.86. The van der Waals surface area contributed by atoms with E-state index in [4.69, 9.17) is 4.74 Å². The molecule has 2 N–H and O–H groups in total. The van der Waals surface area contributed by atoms with E-state index in [9.17, 15) is 4.79 Å². The Hall–Kier alpha value is -2.54. The first-order valence-electron chi connectivity index (χ1n) is 8.30. The second kappa shape index (κ2) is 7.37. The van der Waals surface area contributed by atoms with Crippen molar-refractivity contribution in [2.45, 2.75) is 27.7 Å². The average Bonchev–Trinajstić information content (AvgIpc) is 2.93. The minimum Gasteiger partial charge on any atom is -0.465 e. The van der Waals surface area contributed by atoms with Crippen LogP contribution in [-0.2, 0) is 4.74 Å². The highest BCUT2D eigenvalue weighted by molar-refractivity contribution is 8.14. The standard InChI is InChI=1S/C19H22N4O2S/c1-10-7-6-8-14(11(10)2)21-19-23-22-15(9-26-19)17-12(3)16(13(4)20-17)18(24)25-5/h6-8,20H,9H2,1-5H3,(H,21,23). The lowest BCUT2D eigenvalue weighted by molar-refractivity contribution is 0.0599. The van der Waals surface area contributed by atoms with E-state index in [2.05, 4.69) is 40.4 Å². The molecule has 3 rings (SSSR count). The van der Waals surface area contributed by atoms with Crippen LogP contribution in [0.3, 0.4) is 0 Å². The number of methoxy groups -OCH3 is 1. The molecular formula is C19H22N4O2S. The van der Waals surface area contributed by atoms with Crippen LogP contribution in [0.1, 0.15) is 38.4 Å². The number of aromatic amines is 1. The molecule has 0 fully saturated rings. The Morgan fingerprint density at radius 2 is 2.00 bits per heavy atom. The zero-order valence-electron chi connectivity index (χ0n) is 15.6. The van der Waals surface area contributed by atoms with Gasteiger partial charge in [0.2, 0.25) is 0 Å². The number of amidine groups is 1. The van der Waals surface area contributed by atoms with Gasteiger partial charge >= 0.3 is 5.97 Å². The lowest BCUT2D eigenvalue weighted by Gasteiger charge is -2.15. The summed E-state index contributed by atoms with van der Waals surface area (Å²) in [6, 6.07) is 6.08. The van der Waals surface area contributed by atoms with Crippen LogP contribution >= 0.6 is 11.8 Å². The van der Waals surface area contributed by atoms with Gasteiger partial charge in [-0.05, 0) is 50.5 Å². The van der Waals surface area contributed by atoms with Crippen molar-refractivity contribution in [3.63, 3.8) is 0 Å². The Morgan fingerprint density at radius 1 is 1.23 bits per heavy atom. The lowest BCUT2D eigenvalue weighted by Crippen LogP contribution is -2.26. The van der Waals surface area contributed by atoms with Gasteiger partial charge in [-0.1, -0.05) is 23.9 Å². The topological polar surface area (TPSA) is 78.8 Å². The second-order valence-electron chi connectivity index (χ2n) is 6.21. The van der Waals surface area contributed by atoms with Crippen molar-refractivity contribution in [1.82, 2.24) is 10.4 Å². The molecule has 2 aromatic rings. The number of nitrogens with zero attached hydrogens (tertiary/aromatic N) is 2. The molecule has 7 heteroatoms. The number of nitrogens with one attached hydrogen (secondary N) is 2. The van der Waals surface area contributed by atoms with E-state index in [1.165, 1.54) is 12.7 Å². The number of H-pyrrole nitrogens is 1. The van der Waals surface area contributed by atoms with Crippen LogP contribution in [0.15, 0.2) is 28.3 Å². The van der Waals surface area contributed by atoms with E-state index in [0.29, 0.717) is 11.3 Å². The molecule has 1 aliphatic heterocycles. The number of aromatic nitrogens is 1. The molecule has 0 radical (unpaired) electrons. The number of esters is 1. The molecule has 0 bridgehead atoms. The van der Waals surface area contributed by atoms with E-state index in [1.54, 1.807) is 11.8 Å². The zero-order chi connectivity index (χ0) is 18.8. The van der Waals surface area contributed by atoms with Gasteiger partial charge in [-0.2, -0.15) is 5.10 Å². The van der Waals surface area contributed by atoms with Crippen LogP contribution in [0.4, 0.5) is 5.69 Å². The highest BCUT2D eigenvalue weighted by Crippen LogP contribution is 2.25. The van der Waals surface area contributed by atoms with E-state index in [-0.39, 0.29) is 5.97 Å². The number of hydrogen-bond donors (Lipinski definition) is 2. The van der Waals surface area contributed by atoms with Gasteiger partial charge in [0.25, 0.3) is 0 Å². The minimum absolute atomic E-state index is 0.336. The monoisotopic (exact) mass is 370 g/mol. The summed E-state index contributed by atoms with van der Waals surface area (Å²) in [5, 5.41) is 5.22. The van der Waals surface area contributed by atoms with Crippen molar-refractivity contribution in [2.75, 3.05) is 12.9 Å². The number of carbonyl (C=O) groups is 1. The maximum absolute atomic E-state index is 11.9. The number of hydrogen-bond acceptors (Lipinski definition) is 5. The van der Waals surface area contributed by atoms with Gasteiger partial charge < -0.3 is 9.72 Å². The molecule has 136 valence electrons. The molecule has 0 unspecified atom stereocenters. The Balaban J connectivity index is 1.86. The number of thioether (sulfide) groups is 1. The van der Waals surface area contributed by atoms with Crippen LogP contribution in [-0.4, -0.2) is 34.7 Å². The normalized spacial score (nSPS) is 15.6. The summed E-state index contributed by atoms with van der Waals surface area (Å²) in [6.07, 6.45) is 0. The van der Waals surface area contributed by atoms with Crippen molar-refractivity contribution in [1.29, 1.82) is 0 Å². The maximum Gasteiger partial charge on any atom is 0.339 e. The molecule has 6 nitrogen and oxygen atoms in total. The van der Waals surface area contributed by atoms with E-state index in [0.717, 1.165) is 39.1 Å². The van der Waals surface area contributed by atoms with Gasteiger partial charge in [0.15, 0.2) is 5.17 Å². The Kier molecular flexibility index (Phi) is 5.18. The second-order valence-corrected chi connectivity index (χ2v) is 7.18. The maximum atomic E-state index is 11.9. The summed E-state index contributed by atoms with van der Waals surface area (Å²) in [4.78, 5) is 19.9. The fourth-order valence-electron chi connectivity index (χ4n) is 2.91. The largest absolute Gasteiger partial charge is 0.465 e. The average molecular weight is 370 g/mol. The fraction of sp³-hybridized carbons (Fsp3) is 0.316. The van der Waals surface area contributed by atoms with Gasteiger partial charge in [0.05, 0.1) is 29.8 Å². The highest BCUT2D eigenvalue weighted by Gasteiger charge is 2.23. The molecule has 1 aromatic carbocycles. The summed E-state index contributed by atoms with van der Waals surface area (Å²) >= 11 is 1.59. The van der Waals surface area contributed by atoms with E-state index in [1.807, 2.05) is 26.0 Å². The van der Waals surface area contributed by atoms with Gasteiger partial charge in [0, 0.05) is 11.4 Å². The molecule has 1 aliphatic rings. The van der Waals surface area contributed by atoms with Crippen LogP contribution in [0.5, 0.6) is 0 Å². The Morgan fingerprint density at radius 3 is 2.65 bits per heavy atom. The first-order chi connectivity index (χ1) is 12.4. The molecule has 0 atom stereocenters. The summed E-state index contributed by atoms with van der Waals surface area (Å²) in [7, 11) is 1.39. The number of aliphatic imine (C=N–C) groups is 1. The van der Waals surface area contributed by atoms with Crippen molar-refractivity contribution in [3.8, 4) is 0 Å². The number of carbonyl (C=O) groups excluding carboxylic acids is 1. The van der Waals surface area contributed by atoms with Crippen LogP contribution in [0.25, 0.3) is 0 Å². The van der Waals surface area contributed by atoms with Crippen molar-refractivity contribution < 1.29 is 9.53 Å². The van der Waals surface area contributed by atoms with Gasteiger partial charge in [-0.15, -0.1) is 0 Å². The van der Waals surface area contributed by atoms with Crippen molar-refractivity contribution in [2.24, 2.45) is 10.1 Å². The predicted octanol–water partition coefficient (Wildman–Crippen LogP) is 3.76. The fourth-order valence-corrected chi connectivity index (χ4v) is 3.67. The molecule has 2 heterocycles. The van der Waals surface area contributed by atoms with Gasteiger partial charge in [-0.3, -0.25) is 5.43 Å². The minimum atomic E-state index is -0.336. The van der Waals surface area contributed by atoms with E-state index < -0.39 is 0 Å². The molecule has 0 aliphatic carbocycles. The summed E-state index contributed by atoms with van der Waals surface area (Å²) in [5.74, 6) is 0.328. The molecule has 0 spiro atoms. The summed E-state index contributed by atoms with van der Waals surface area (Å²) in [6.45, 7) is 7.90. The van der Waals surface area contributed by atoms with Gasteiger partial charge in [0.1, 0.15) is 0 Å². The quantitative estimate of drug-likeness (QED) is 0.806. The zero-order valence-corrected chi connectivity index (χ0v) is 16.4. The number of hydrazone groups is 1. The molecule has 0 saturated carbocycles. The number of rotatable bonds is 3. The number of benzene rings is 1.